The van der Waals surface area contributed by atoms with Crippen LogP contribution in [-0.4, -0.2) is 23.4 Å². The van der Waals surface area contributed by atoms with Crippen molar-refractivity contribution in [2.75, 3.05) is 13.2 Å². The second kappa shape index (κ2) is 7.65. The summed E-state index contributed by atoms with van der Waals surface area (Å²) in [4.78, 5) is 12.3. The van der Waals surface area contributed by atoms with Crippen molar-refractivity contribution in [1.82, 2.24) is 5.32 Å². The van der Waals surface area contributed by atoms with Crippen LogP contribution >= 0.6 is 24.0 Å². The average Bonchev–Trinajstić information content (AvgIpc) is 2.76. The zero-order chi connectivity index (χ0) is 16.1. The van der Waals surface area contributed by atoms with Crippen molar-refractivity contribution in [2.45, 2.75) is 20.8 Å². The molecule has 0 atom stereocenters. The number of ether oxygens (including phenoxy) is 2. The molecule has 118 valence electrons. The first-order valence-corrected chi connectivity index (χ1v) is 8.36. The number of benzene rings is 1. The summed E-state index contributed by atoms with van der Waals surface area (Å²) in [6.45, 7) is 7.30. The van der Waals surface area contributed by atoms with Crippen LogP contribution < -0.4 is 14.8 Å². The van der Waals surface area contributed by atoms with Gasteiger partial charge in [-0.2, -0.15) is 0 Å². The molecule has 4 nitrogen and oxygen atoms in total. The molecule has 1 heterocycles. The normalized spacial score (nSPS) is 16.3. The number of carbonyl (C=O) groups excluding carboxylic acids is 1. The molecular formula is C16H19NO3S2. The molecule has 0 saturated carbocycles. The predicted octanol–water partition coefficient (Wildman–Crippen LogP) is 3.61. The van der Waals surface area contributed by atoms with Gasteiger partial charge < -0.3 is 14.8 Å². The number of thioether (sulfide) groups is 1. The Morgan fingerprint density at radius 2 is 2.09 bits per heavy atom. The van der Waals surface area contributed by atoms with Gasteiger partial charge in [0.25, 0.3) is 5.91 Å². The molecule has 1 aromatic rings. The molecule has 22 heavy (non-hydrogen) atoms. The lowest BCUT2D eigenvalue weighted by Gasteiger charge is -2.14. The standard InChI is InChI=1S/C16H19NO3S2/c1-4-19-13-7-11(5-6-12(13)20-9-10(2)3)8-14-15(18)17-16(21)22-14/h5-8,10H,4,9H2,1-3H3,(H,17,18,21)/b14-8-. The minimum atomic E-state index is -0.159. The minimum Gasteiger partial charge on any atom is -0.490 e. The minimum absolute atomic E-state index is 0.159. The van der Waals surface area contributed by atoms with Gasteiger partial charge in [-0.25, -0.2) is 0 Å². The van der Waals surface area contributed by atoms with E-state index in [0.717, 1.165) is 11.3 Å². The maximum absolute atomic E-state index is 11.7. The van der Waals surface area contributed by atoms with Gasteiger partial charge in [0.05, 0.1) is 18.1 Å². The van der Waals surface area contributed by atoms with Crippen LogP contribution in [0.25, 0.3) is 6.08 Å². The molecule has 2 rings (SSSR count). The quantitative estimate of drug-likeness (QED) is 0.635. The Hall–Kier alpha value is -1.53. The van der Waals surface area contributed by atoms with Gasteiger partial charge in [-0.1, -0.05) is 43.9 Å². The number of hydrogen-bond donors (Lipinski definition) is 1. The number of thiocarbonyl (C=S) groups is 1. The summed E-state index contributed by atoms with van der Waals surface area (Å²) in [6, 6.07) is 5.65. The molecule has 6 heteroatoms. The van der Waals surface area contributed by atoms with E-state index in [9.17, 15) is 4.79 Å². The van der Waals surface area contributed by atoms with Gasteiger partial charge in [0.2, 0.25) is 0 Å². The first-order chi connectivity index (χ1) is 10.5. The van der Waals surface area contributed by atoms with E-state index >= 15 is 0 Å². The second-order valence-electron chi connectivity index (χ2n) is 5.20. The topological polar surface area (TPSA) is 47.6 Å². The zero-order valence-electron chi connectivity index (χ0n) is 12.8. The van der Waals surface area contributed by atoms with Crippen LogP contribution in [0.5, 0.6) is 11.5 Å². The fraction of sp³-hybridized carbons (Fsp3) is 0.375. The van der Waals surface area contributed by atoms with Gasteiger partial charge in [0.15, 0.2) is 11.5 Å². The summed E-state index contributed by atoms with van der Waals surface area (Å²) in [7, 11) is 0. The summed E-state index contributed by atoms with van der Waals surface area (Å²) in [6.07, 6.45) is 1.80. The molecule has 1 fully saturated rings. The van der Waals surface area contributed by atoms with Crippen molar-refractivity contribution in [3.63, 3.8) is 0 Å². The predicted molar refractivity (Wildman–Crippen MR) is 94.3 cm³/mol. The average molecular weight is 337 g/mol. The molecule has 0 unspecified atom stereocenters. The Bertz CT molecular complexity index is 611. The SMILES string of the molecule is CCOc1cc(/C=C2\SC(=S)NC2=O)ccc1OCC(C)C. The monoisotopic (exact) mass is 337 g/mol. The first-order valence-electron chi connectivity index (χ1n) is 7.14. The van der Waals surface area contributed by atoms with Crippen LogP contribution in [0.1, 0.15) is 26.3 Å². The van der Waals surface area contributed by atoms with E-state index in [1.165, 1.54) is 11.8 Å². The number of rotatable bonds is 6. The lowest BCUT2D eigenvalue weighted by Crippen LogP contribution is -2.17. The van der Waals surface area contributed by atoms with E-state index in [0.29, 0.717) is 34.1 Å². The molecule has 1 saturated heterocycles. The Labute approximate surface area is 140 Å². The number of carbonyl (C=O) groups is 1. The molecular weight excluding hydrogens is 318 g/mol. The molecule has 0 radical (unpaired) electrons. The molecule has 1 aliphatic rings. The highest BCUT2D eigenvalue weighted by atomic mass is 32.2. The lowest BCUT2D eigenvalue weighted by molar-refractivity contribution is -0.115. The summed E-state index contributed by atoms with van der Waals surface area (Å²) in [5.74, 6) is 1.68. The fourth-order valence-corrected chi connectivity index (χ4v) is 2.88. The van der Waals surface area contributed by atoms with Crippen LogP contribution in [0.3, 0.4) is 0 Å². The number of nitrogens with one attached hydrogen (secondary N) is 1. The van der Waals surface area contributed by atoms with Crippen LogP contribution in [0, 0.1) is 5.92 Å². The molecule has 0 bridgehead atoms. The third-order valence-corrected chi connectivity index (χ3v) is 3.94. The van der Waals surface area contributed by atoms with Gasteiger partial charge in [-0.15, -0.1) is 0 Å². The largest absolute Gasteiger partial charge is 0.490 e. The van der Waals surface area contributed by atoms with E-state index < -0.39 is 0 Å². The van der Waals surface area contributed by atoms with Gasteiger partial charge in [-0.3, -0.25) is 4.79 Å². The van der Waals surface area contributed by atoms with E-state index in [1.54, 1.807) is 6.08 Å². The summed E-state index contributed by atoms with van der Waals surface area (Å²) < 4.78 is 11.9. The van der Waals surface area contributed by atoms with E-state index in [-0.39, 0.29) is 5.91 Å². The van der Waals surface area contributed by atoms with Crippen molar-refractivity contribution >= 4 is 40.3 Å². The third kappa shape index (κ3) is 4.48. The van der Waals surface area contributed by atoms with Crippen molar-refractivity contribution < 1.29 is 14.3 Å². The van der Waals surface area contributed by atoms with Crippen LogP contribution in [0.2, 0.25) is 0 Å². The van der Waals surface area contributed by atoms with Crippen molar-refractivity contribution in [3.8, 4) is 11.5 Å². The lowest BCUT2D eigenvalue weighted by atomic mass is 10.2. The summed E-state index contributed by atoms with van der Waals surface area (Å²) >= 11 is 6.25. The Morgan fingerprint density at radius 3 is 2.68 bits per heavy atom. The molecule has 0 aromatic heterocycles. The van der Waals surface area contributed by atoms with Gasteiger partial charge in [0.1, 0.15) is 4.32 Å². The van der Waals surface area contributed by atoms with Gasteiger partial charge in [-0.05, 0) is 36.6 Å². The van der Waals surface area contributed by atoms with E-state index in [2.05, 4.69) is 19.2 Å². The van der Waals surface area contributed by atoms with Crippen LogP contribution in [0.4, 0.5) is 0 Å². The second-order valence-corrected chi connectivity index (χ2v) is 6.92. The third-order valence-electron chi connectivity index (χ3n) is 2.78. The number of hydrogen-bond acceptors (Lipinski definition) is 5. The summed E-state index contributed by atoms with van der Waals surface area (Å²) in [5, 5.41) is 2.60. The molecule has 1 amide bonds. The smallest absolute Gasteiger partial charge is 0.263 e. The highest BCUT2D eigenvalue weighted by Gasteiger charge is 2.22. The highest BCUT2D eigenvalue weighted by molar-refractivity contribution is 8.26. The van der Waals surface area contributed by atoms with Crippen LogP contribution in [0.15, 0.2) is 23.1 Å². The highest BCUT2D eigenvalue weighted by Crippen LogP contribution is 2.32. The van der Waals surface area contributed by atoms with Crippen molar-refractivity contribution in [1.29, 1.82) is 0 Å². The number of amides is 1. The maximum Gasteiger partial charge on any atom is 0.263 e. The Balaban J connectivity index is 2.23. The molecule has 1 N–H and O–H groups in total. The van der Waals surface area contributed by atoms with Gasteiger partial charge in [0, 0.05) is 0 Å². The first kappa shape index (κ1) is 16.8. The van der Waals surface area contributed by atoms with Crippen molar-refractivity contribution in [2.24, 2.45) is 5.92 Å². The molecule has 1 aliphatic heterocycles. The Morgan fingerprint density at radius 1 is 1.32 bits per heavy atom. The van der Waals surface area contributed by atoms with E-state index in [1.807, 2.05) is 25.1 Å². The summed E-state index contributed by atoms with van der Waals surface area (Å²) in [5.41, 5.74) is 0.877. The zero-order valence-corrected chi connectivity index (χ0v) is 14.5. The fourth-order valence-electron chi connectivity index (χ4n) is 1.83. The molecule has 0 spiro atoms. The van der Waals surface area contributed by atoms with Crippen LogP contribution in [-0.2, 0) is 4.79 Å². The van der Waals surface area contributed by atoms with E-state index in [4.69, 9.17) is 21.7 Å². The van der Waals surface area contributed by atoms with Gasteiger partial charge >= 0.3 is 0 Å². The Kier molecular flexibility index (Phi) is 5.85. The molecule has 0 aliphatic carbocycles. The molecule has 1 aromatic carbocycles. The van der Waals surface area contributed by atoms with Crippen molar-refractivity contribution in [3.05, 3.63) is 28.7 Å². The maximum atomic E-state index is 11.7.